The summed E-state index contributed by atoms with van der Waals surface area (Å²) >= 11 is 0. The average Bonchev–Trinajstić information content (AvgIpc) is 2.95. The molecule has 0 spiro atoms. The van der Waals surface area contributed by atoms with E-state index in [4.69, 9.17) is 9.98 Å². The van der Waals surface area contributed by atoms with Crippen molar-refractivity contribution in [3.8, 4) is 0 Å². The maximum atomic E-state index is 5.10. The van der Waals surface area contributed by atoms with Gasteiger partial charge in [0.25, 0.3) is 0 Å². The first-order valence-electron chi connectivity index (χ1n) is 16.1. The van der Waals surface area contributed by atoms with E-state index in [-0.39, 0.29) is 16.5 Å². The summed E-state index contributed by atoms with van der Waals surface area (Å²) in [6, 6.07) is 20.8. The van der Waals surface area contributed by atoms with Crippen molar-refractivity contribution in [1.82, 2.24) is 0 Å². The van der Waals surface area contributed by atoms with E-state index in [2.05, 4.69) is 74.5 Å². The van der Waals surface area contributed by atoms with Crippen molar-refractivity contribution in [2.45, 2.75) is 142 Å². The van der Waals surface area contributed by atoms with Crippen molar-refractivity contribution < 1.29 is 16.5 Å². The third-order valence-electron chi connectivity index (χ3n) is 7.41. The van der Waals surface area contributed by atoms with E-state index in [0.717, 1.165) is 30.6 Å². The van der Waals surface area contributed by atoms with Crippen LogP contribution in [0.25, 0.3) is 0 Å². The third-order valence-corrected chi connectivity index (χ3v) is 7.41. The molecule has 0 heterocycles. The smallest absolute Gasteiger partial charge is 0.0633 e. The van der Waals surface area contributed by atoms with E-state index in [1.54, 1.807) is 0 Å². The van der Waals surface area contributed by atoms with Crippen molar-refractivity contribution in [2.24, 2.45) is 9.98 Å². The second-order valence-corrected chi connectivity index (χ2v) is 10.9. The minimum Gasteiger partial charge on any atom is -0.252 e. The van der Waals surface area contributed by atoms with Gasteiger partial charge in [0.2, 0.25) is 0 Å². The van der Waals surface area contributed by atoms with Crippen LogP contribution in [-0.2, 0) is 16.5 Å². The van der Waals surface area contributed by atoms with E-state index >= 15 is 0 Å². The second-order valence-electron chi connectivity index (χ2n) is 10.9. The molecule has 220 valence electrons. The van der Waals surface area contributed by atoms with E-state index < -0.39 is 0 Å². The predicted octanol–water partition coefficient (Wildman–Crippen LogP) is 12.4. The van der Waals surface area contributed by atoms with E-state index in [1.165, 1.54) is 121 Å². The number of nitrogens with zero attached hydrogens (tertiary/aromatic N) is 2. The maximum Gasteiger partial charge on any atom is 0.0633 e. The molecule has 2 aromatic rings. The molecule has 0 atom stereocenters. The molecule has 0 N–H and O–H groups in total. The van der Waals surface area contributed by atoms with Crippen LogP contribution in [0.3, 0.4) is 0 Å². The fraction of sp³-hybridized carbons (Fsp3) is 0.611. The van der Waals surface area contributed by atoms with Crippen LogP contribution < -0.4 is 0 Å². The normalized spacial score (nSPS) is 11.9. The van der Waals surface area contributed by atoms with Gasteiger partial charge in [-0.25, -0.2) is 0 Å². The van der Waals surface area contributed by atoms with Gasteiger partial charge in [-0.05, 0) is 49.9 Å². The molecule has 0 unspecified atom stereocenters. The quantitative estimate of drug-likeness (QED) is 0.0715. The van der Waals surface area contributed by atoms with Crippen molar-refractivity contribution in [3.63, 3.8) is 0 Å². The van der Waals surface area contributed by atoms with Crippen LogP contribution in [0.4, 0.5) is 11.4 Å². The molecule has 0 radical (unpaired) electrons. The van der Waals surface area contributed by atoms with Gasteiger partial charge < -0.3 is 0 Å². The first-order chi connectivity index (χ1) is 18.8. The van der Waals surface area contributed by atoms with Crippen molar-refractivity contribution >= 4 is 22.8 Å². The molecule has 2 aromatic carbocycles. The van der Waals surface area contributed by atoms with Crippen LogP contribution in [0.5, 0.6) is 0 Å². The molecule has 0 saturated heterocycles. The van der Waals surface area contributed by atoms with Gasteiger partial charge in [-0.15, -0.1) is 0 Å². The number of hydrogen-bond donors (Lipinski definition) is 0. The van der Waals surface area contributed by atoms with E-state index in [0.29, 0.717) is 0 Å². The van der Waals surface area contributed by atoms with Crippen LogP contribution in [0.1, 0.15) is 142 Å². The third kappa shape index (κ3) is 18.3. The molecule has 0 amide bonds. The number of unbranched alkanes of at least 4 members (excludes halogenated alkanes) is 16. The number of aliphatic imine (C=N–C) groups is 2. The Balaban J connectivity index is 0.00000760. The summed E-state index contributed by atoms with van der Waals surface area (Å²) in [6.07, 6.45) is 26.7. The zero-order valence-corrected chi connectivity index (χ0v) is 26.1. The summed E-state index contributed by atoms with van der Waals surface area (Å²) in [5, 5.41) is 0. The topological polar surface area (TPSA) is 24.7 Å². The average molecular weight is 576 g/mol. The van der Waals surface area contributed by atoms with Gasteiger partial charge in [0.1, 0.15) is 0 Å². The second kappa shape index (κ2) is 25.3. The van der Waals surface area contributed by atoms with Gasteiger partial charge in [-0.2, -0.15) is 0 Å². The van der Waals surface area contributed by atoms with Crippen molar-refractivity contribution in [1.29, 1.82) is 0 Å². The zero-order chi connectivity index (χ0) is 26.9. The van der Waals surface area contributed by atoms with E-state index in [9.17, 15) is 0 Å². The number of rotatable bonds is 23. The van der Waals surface area contributed by atoms with Gasteiger partial charge in [-0.1, -0.05) is 153 Å². The summed E-state index contributed by atoms with van der Waals surface area (Å²) in [7, 11) is 0. The van der Waals surface area contributed by atoms with Gasteiger partial charge in [-0.3, -0.25) is 9.98 Å². The Morgan fingerprint density at radius 3 is 1.08 bits per heavy atom. The Labute approximate surface area is 251 Å². The molecule has 2 nitrogen and oxygen atoms in total. The molecule has 3 heteroatoms. The Kier molecular flexibility index (Phi) is 22.9. The van der Waals surface area contributed by atoms with Gasteiger partial charge in [0, 0.05) is 16.5 Å². The van der Waals surface area contributed by atoms with Crippen molar-refractivity contribution in [3.05, 3.63) is 60.7 Å². The monoisotopic (exact) mass is 574 g/mol. The molecule has 0 aromatic heterocycles. The minimum atomic E-state index is 0. The Morgan fingerprint density at radius 2 is 0.718 bits per heavy atom. The molecule has 0 bridgehead atoms. The molecule has 0 aliphatic carbocycles. The molecule has 0 saturated carbocycles. The van der Waals surface area contributed by atoms with Crippen LogP contribution in [-0.4, -0.2) is 11.4 Å². The summed E-state index contributed by atoms with van der Waals surface area (Å²) in [6.45, 7) is 4.55. The van der Waals surface area contributed by atoms with Crippen molar-refractivity contribution in [2.75, 3.05) is 0 Å². The Morgan fingerprint density at radius 1 is 0.410 bits per heavy atom. The fourth-order valence-electron chi connectivity index (χ4n) is 5.03. The first kappa shape index (κ1) is 35.3. The summed E-state index contributed by atoms with van der Waals surface area (Å²) in [5.41, 5.74) is 4.42. The first-order valence-corrected chi connectivity index (χ1v) is 16.1. The van der Waals surface area contributed by atoms with Gasteiger partial charge >= 0.3 is 0 Å². The standard InChI is InChI=1S/C36H56N2.Ni/c1-3-5-7-8-9-10-11-12-13-14-15-16-17-18-19-26-32-36(38-34-29-24-21-25-30-34)35(31-6-4-2)37-33-27-22-20-23-28-33;/h20-25,27-30H,3-19,26,31-32H2,1-2H3;. The Hall–Kier alpha value is -1.73. The summed E-state index contributed by atoms with van der Waals surface area (Å²) in [4.78, 5) is 10.2. The van der Waals surface area contributed by atoms with Crippen LogP contribution in [0, 0.1) is 0 Å². The van der Waals surface area contributed by atoms with E-state index in [1.807, 2.05) is 0 Å². The number of benzene rings is 2. The zero-order valence-electron chi connectivity index (χ0n) is 25.1. The largest absolute Gasteiger partial charge is 0.252 e. The predicted molar refractivity (Wildman–Crippen MR) is 171 cm³/mol. The van der Waals surface area contributed by atoms with Crippen LogP contribution in [0.2, 0.25) is 0 Å². The molecule has 0 aliphatic rings. The SMILES string of the molecule is CCCCCCCCCCCCCCCCCCC(=Nc1ccccc1)C(CCCC)=Nc1ccccc1.[Ni]. The molecular weight excluding hydrogens is 519 g/mol. The van der Waals surface area contributed by atoms with Crippen LogP contribution >= 0.6 is 0 Å². The summed E-state index contributed by atoms with van der Waals surface area (Å²) in [5.74, 6) is 0. The number of para-hydroxylation sites is 2. The van der Waals surface area contributed by atoms with Gasteiger partial charge in [0.15, 0.2) is 0 Å². The Bertz CT molecular complexity index is 860. The molecule has 0 fully saturated rings. The molecule has 39 heavy (non-hydrogen) atoms. The molecular formula is C36H56N2Ni. The molecule has 0 aliphatic heterocycles. The number of hydrogen-bond acceptors (Lipinski definition) is 2. The minimum absolute atomic E-state index is 0. The molecule has 2 rings (SSSR count). The summed E-state index contributed by atoms with van der Waals surface area (Å²) < 4.78 is 0. The van der Waals surface area contributed by atoms with Crippen LogP contribution in [0.15, 0.2) is 70.6 Å². The van der Waals surface area contributed by atoms with Gasteiger partial charge in [0.05, 0.1) is 22.8 Å². The fourth-order valence-corrected chi connectivity index (χ4v) is 5.03. The maximum absolute atomic E-state index is 5.10.